The van der Waals surface area contributed by atoms with Crippen molar-refractivity contribution in [2.45, 2.75) is 10.9 Å². The third-order valence-corrected chi connectivity index (χ3v) is 3.21. The van der Waals surface area contributed by atoms with E-state index in [9.17, 15) is 4.39 Å². The molecule has 0 fully saturated rings. The fourth-order valence-corrected chi connectivity index (χ4v) is 2.12. The van der Waals surface area contributed by atoms with Gasteiger partial charge in [0.15, 0.2) is 0 Å². The number of nitrogen functional groups attached to an aromatic ring is 1. The van der Waals surface area contributed by atoms with Crippen LogP contribution in [0.1, 0.15) is 5.89 Å². The van der Waals surface area contributed by atoms with Crippen molar-refractivity contribution < 1.29 is 8.91 Å². The standard InChI is InChI=1S/C11H9FN6OS/c12-7-3-1-6(2-4-7)9-14-8(19-18-9)5-20-11-15-10(13)16-17-11/h1-4H,5H2,(H3,13,15,16,17). The fraction of sp³-hybridized carbons (Fsp3) is 0.0909. The van der Waals surface area contributed by atoms with Crippen molar-refractivity contribution in [1.82, 2.24) is 25.3 Å². The van der Waals surface area contributed by atoms with Gasteiger partial charge in [0.2, 0.25) is 22.8 Å². The van der Waals surface area contributed by atoms with Gasteiger partial charge in [-0.3, -0.25) is 0 Å². The van der Waals surface area contributed by atoms with E-state index in [2.05, 4.69) is 25.3 Å². The molecule has 0 aliphatic rings. The number of thioether (sulfide) groups is 1. The zero-order valence-electron chi connectivity index (χ0n) is 10.1. The lowest BCUT2D eigenvalue weighted by molar-refractivity contribution is 0.391. The van der Waals surface area contributed by atoms with Crippen LogP contribution in [0.5, 0.6) is 0 Å². The Hall–Kier alpha value is -2.42. The van der Waals surface area contributed by atoms with Gasteiger partial charge in [0, 0.05) is 5.56 Å². The van der Waals surface area contributed by atoms with Crippen LogP contribution in [0.25, 0.3) is 11.4 Å². The number of aromatic amines is 1. The molecule has 0 radical (unpaired) electrons. The monoisotopic (exact) mass is 292 g/mol. The SMILES string of the molecule is Nc1nc(SCc2nc(-c3ccc(F)cc3)no2)n[nH]1. The van der Waals surface area contributed by atoms with Crippen molar-refractivity contribution in [3.63, 3.8) is 0 Å². The van der Waals surface area contributed by atoms with Crippen molar-refractivity contribution in [3.05, 3.63) is 36.0 Å². The number of rotatable bonds is 4. The average Bonchev–Trinajstić information content (AvgIpc) is 3.06. The molecule has 0 spiro atoms. The summed E-state index contributed by atoms with van der Waals surface area (Å²) in [5.41, 5.74) is 6.10. The predicted octanol–water partition coefficient (Wildman–Crippen LogP) is 1.87. The van der Waals surface area contributed by atoms with Gasteiger partial charge >= 0.3 is 0 Å². The van der Waals surface area contributed by atoms with E-state index in [1.807, 2.05) is 0 Å². The third-order valence-electron chi connectivity index (χ3n) is 2.38. The molecule has 0 amide bonds. The van der Waals surface area contributed by atoms with Crippen LogP contribution in [-0.2, 0) is 5.75 Å². The summed E-state index contributed by atoms with van der Waals surface area (Å²) < 4.78 is 17.9. The molecule has 0 bridgehead atoms. The topological polar surface area (TPSA) is 107 Å². The van der Waals surface area contributed by atoms with E-state index in [-0.39, 0.29) is 11.8 Å². The Bertz CT molecular complexity index is 710. The predicted molar refractivity (Wildman–Crippen MR) is 70.0 cm³/mol. The number of H-pyrrole nitrogens is 1. The summed E-state index contributed by atoms with van der Waals surface area (Å²) in [5, 5.41) is 10.8. The molecule has 0 saturated heterocycles. The van der Waals surface area contributed by atoms with Crippen LogP contribution >= 0.6 is 11.8 Å². The van der Waals surface area contributed by atoms with Crippen LogP contribution < -0.4 is 5.73 Å². The van der Waals surface area contributed by atoms with E-state index in [1.165, 1.54) is 23.9 Å². The minimum Gasteiger partial charge on any atom is -0.368 e. The first-order chi connectivity index (χ1) is 9.70. The highest BCUT2D eigenvalue weighted by Gasteiger charge is 2.10. The molecule has 1 aromatic carbocycles. The molecule has 0 aliphatic carbocycles. The fourth-order valence-electron chi connectivity index (χ4n) is 1.48. The molecule has 20 heavy (non-hydrogen) atoms. The van der Waals surface area contributed by atoms with Gasteiger partial charge in [-0.25, -0.2) is 9.49 Å². The van der Waals surface area contributed by atoms with Crippen molar-refractivity contribution >= 4 is 17.7 Å². The van der Waals surface area contributed by atoms with E-state index in [1.54, 1.807) is 12.1 Å². The molecule has 102 valence electrons. The highest BCUT2D eigenvalue weighted by molar-refractivity contribution is 7.98. The van der Waals surface area contributed by atoms with Gasteiger partial charge in [-0.05, 0) is 24.3 Å². The summed E-state index contributed by atoms with van der Waals surface area (Å²) in [5.74, 6) is 1.21. The molecule has 3 N–H and O–H groups in total. The Kier molecular flexibility index (Phi) is 3.33. The Morgan fingerprint density at radius 2 is 2.05 bits per heavy atom. The van der Waals surface area contributed by atoms with E-state index in [0.717, 1.165) is 0 Å². The van der Waals surface area contributed by atoms with Crippen LogP contribution in [-0.4, -0.2) is 25.3 Å². The van der Waals surface area contributed by atoms with Gasteiger partial charge in [0.1, 0.15) is 5.82 Å². The quantitative estimate of drug-likeness (QED) is 0.707. The second-order valence-electron chi connectivity index (χ2n) is 3.81. The highest BCUT2D eigenvalue weighted by Crippen LogP contribution is 2.21. The number of nitrogens with one attached hydrogen (secondary N) is 1. The van der Waals surface area contributed by atoms with Gasteiger partial charge in [0.05, 0.1) is 5.75 Å². The Balaban J connectivity index is 1.69. The number of halogens is 1. The molecule has 3 aromatic rings. The van der Waals surface area contributed by atoms with Gasteiger partial charge in [-0.15, -0.1) is 5.10 Å². The van der Waals surface area contributed by atoms with Crippen LogP contribution in [0.2, 0.25) is 0 Å². The molecule has 2 aromatic heterocycles. The van der Waals surface area contributed by atoms with E-state index in [0.29, 0.717) is 28.2 Å². The van der Waals surface area contributed by atoms with E-state index >= 15 is 0 Å². The van der Waals surface area contributed by atoms with Crippen LogP contribution in [0, 0.1) is 5.82 Å². The molecule has 3 rings (SSSR count). The number of hydrogen-bond donors (Lipinski definition) is 2. The van der Waals surface area contributed by atoms with Crippen LogP contribution in [0.3, 0.4) is 0 Å². The zero-order chi connectivity index (χ0) is 13.9. The lowest BCUT2D eigenvalue weighted by Gasteiger charge is -1.92. The Labute approximate surface area is 116 Å². The molecule has 2 heterocycles. The average molecular weight is 292 g/mol. The van der Waals surface area contributed by atoms with Crippen molar-refractivity contribution in [3.8, 4) is 11.4 Å². The third kappa shape index (κ3) is 2.77. The lowest BCUT2D eigenvalue weighted by atomic mass is 10.2. The number of aromatic nitrogens is 5. The van der Waals surface area contributed by atoms with Crippen LogP contribution in [0.15, 0.2) is 33.9 Å². The maximum atomic E-state index is 12.8. The van der Waals surface area contributed by atoms with Gasteiger partial charge in [-0.2, -0.15) is 9.97 Å². The minimum absolute atomic E-state index is 0.255. The normalized spacial score (nSPS) is 10.8. The number of anilines is 1. The minimum atomic E-state index is -0.310. The first-order valence-electron chi connectivity index (χ1n) is 5.60. The van der Waals surface area contributed by atoms with E-state index < -0.39 is 0 Å². The van der Waals surface area contributed by atoms with Crippen molar-refractivity contribution in [2.75, 3.05) is 5.73 Å². The molecular formula is C11H9FN6OS. The largest absolute Gasteiger partial charge is 0.368 e. The molecular weight excluding hydrogens is 283 g/mol. The summed E-state index contributed by atoms with van der Waals surface area (Å²) in [7, 11) is 0. The van der Waals surface area contributed by atoms with Crippen molar-refractivity contribution in [2.24, 2.45) is 0 Å². The second-order valence-corrected chi connectivity index (χ2v) is 4.75. The summed E-state index contributed by atoms with van der Waals surface area (Å²) in [4.78, 5) is 8.16. The summed E-state index contributed by atoms with van der Waals surface area (Å²) in [6.07, 6.45) is 0. The second kappa shape index (κ2) is 5.29. The molecule has 0 atom stereocenters. The molecule has 0 saturated carbocycles. The molecule has 0 unspecified atom stereocenters. The van der Waals surface area contributed by atoms with E-state index in [4.69, 9.17) is 10.3 Å². The van der Waals surface area contributed by atoms with Gasteiger partial charge < -0.3 is 10.3 Å². The van der Waals surface area contributed by atoms with Gasteiger partial charge in [0.25, 0.3) is 0 Å². The smallest absolute Gasteiger partial charge is 0.237 e. The number of nitrogens with two attached hydrogens (primary N) is 1. The molecule has 0 aliphatic heterocycles. The Morgan fingerprint density at radius 3 is 2.75 bits per heavy atom. The zero-order valence-corrected chi connectivity index (χ0v) is 10.9. The lowest BCUT2D eigenvalue weighted by Crippen LogP contribution is -1.85. The highest BCUT2D eigenvalue weighted by atomic mass is 32.2. The van der Waals surface area contributed by atoms with Gasteiger partial charge in [-0.1, -0.05) is 16.9 Å². The number of nitrogens with zero attached hydrogens (tertiary/aromatic N) is 4. The van der Waals surface area contributed by atoms with Crippen molar-refractivity contribution in [1.29, 1.82) is 0 Å². The summed E-state index contributed by atoms with van der Waals surface area (Å²) >= 11 is 1.32. The maximum absolute atomic E-state index is 12.8. The number of benzene rings is 1. The number of hydrogen-bond acceptors (Lipinski definition) is 7. The first kappa shape index (κ1) is 12.6. The van der Waals surface area contributed by atoms with Crippen LogP contribution in [0.4, 0.5) is 10.3 Å². The maximum Gasteiger partial charge on any atom is 0.237 e. The first-order valence-corrected chi connectivity index (χ1v) is 6.58. The Morgan fingerprint density at radius 1 is 1.25 bits per heavy atom. The molecule has 9 heteroatoms. The summed E-state index contributed by atoms with van der Waals surface area (Å²) in [6.45, 7) is 0. The molecule has 7 nitrogen and oxygen atoms in total. The summed E-state index contributed by atoms with van der Waals surface area (Å²) in [6, 6.07) is 5.87.